The van der Waals surface area contributed by atoms with Gasteiger partial charge in [-0.05, 0) is 56.3 Å². The summed E-state index contributed by atoms with van der Waals surface area (Å²) in [6.45, 7) is 3.06. The number of aromatic nitrogens is 2. The number of anilines is 3. The molecule has 1 saturated heterocycles. The fourth-order valence-electron chi connectivity index (χ4n) is 3.73. The maximum Gasteiger partial charge on any atom is 0.248 e. The molecule has 0 radical (unpaired) electrons. The highest BCUT2D eigenvalue weighted by molar-refractivity contribution is 6.32. The fraction of sp³-hybridized carbons (Fsp3) is 0.261. The van der Waals surface area contributed by atoms with Gasteiger partial charge in [0.05, 0.1) is 5.52 Å². The number of piperidine rings is 1. The molecule has 1 aliphatic rings. The normalized spacial score (nSPS) is 14.8. The van der Waals surface area contributed by atoms with Crippen LogP contribution >= 0.6 is 0 Å². The van der Waals surface area contributed by atoms with Crippen LogP contribution in [0.1, 0.15) is 19.3 Å². The molecule has 0 aliphatic carbocycles. The lowest BCUT2D eigenvalue weighted by Gasteiger charge is -2.24. The van der Waals surface area contributed by atoms with Crippen LogP contribution in [0.3, 0.4) is 0 Å². The van der Waals surface area contributed by atoms with Gasteiger partial charge in [0.15, 0.2) is 0 Å². The Labute approximate surface area is 177 Å². The number of benzene rings is 2. The van der Waals surface area contributed by atoms with Gasteiger partial charge in [-0.15, -0.1) is 0 Å². The SMILES string of the molecule is Bc1cccc(Nc2ncnc3ccc(NC(=O)/C=C/CN4CCCCC4)cc23)c1. The van der Waals surface area contributed by atoms with E-state index in [-0.39, 0.29) is 5.91 Å². The molecular weight excluding hydrogens is 373 g/mol. The summed E-state index contributed by atoms with van der Waals surface area (Å²) in [5.74, 6) is 0.582. The highest BCUT2D eigenvalue weighted by Crippen LogP contribution is 2.25. The molecule has 2 N–H and O–H groups in total. The second-order valence-corrected chi connectivity index (χ2v) is 7.70. The maximum atomic E-state index is 12.3. The van der Waals surface area contributed by atoms with E-state index in [9.17, 15) is 4.79 Å². The fourth-order valence-corrected chi connectivity index (χ4v) is 3.73. The van der Waals surface area contributed by atoms with Gasteiger partial charge in [0.2, 0.25) is 5.91 Å². The lowest BCUT2D eigenvalue weighted by molar-refractivity contribution is -0.111. The summed E-state index contributed by atoms with van der Waals surface area (Å²) in [5.41, 5.74) is 3.67. The average molecular weight is 399 g/mol. The Kier molecular flexibility index (Phi) is 6.39. The van der Waals surface area contributed by atoms with Crippen LogP contribution in [0.15, 0.2) is 60.9 Å². The van der Waals surface area contributed by atoms with Gasteiger partial charge >= 0.3 is 0 Å². The van der Waals surface area contributed by atoms with E-state index in [1.54, 1.807) is 12.4 Å². The first kappa shape index (κ1) is 20.1. The quantitative estimate of drug-likeness (QED) is 0.493. The third kappa shape index (κ3) is 5.24. The van der Waals surface area contributed by atoms with E-state index in [1.807, 2.05) is 36.4 Å². The molecule has 6 nitrogen and oxygen atoms in total. The van der Waals surface area contributed by atoms with Crippen LogP contribution in [-0.2, 0) is 4.79 Å². The van der Waals surface area contributed by atoms with Crippen molar-refractivity contribution in [2.45, 2.75) is 19.3 Å². The summed E-state index contributed by atoms with van der Waals surface area (Å²) < 4.78 is 0. The molecule has 2 aromatic carbocycles. The van der Waals surface area contributed by atoms with Gasteiger partial charge in [0.1, 0.15) is 20.0 Å². The number of carbonyl (C=O) groups is 1. The lowest BCUT2D eigenvalue weighted by atomic mass is 9.96. The number of nitrogens with one attached hydrogen (secondary N) is 2. The Morgan fingerprint density at radius 3 is 2.77 bits per heavy atom. The number of fused-ring (bicyclic) bond motifs is 1. The summed E-state index contributed by atoms with van der Waals surface area (Å²) >= 11 is 0. The first-order chi connectivity index (χ1) is 14.7. The largest absolute Gasteiger partial charge is 0.340 e. The van der Waals surface area contributed by atoms with E-state index >= 15 is 0 Å². The second-order valence-electron chi connectivity index (χ2n) is 7.70. The number of amides is 1. The highest BCUT2D eigenvalue weighted by Gasteiger charge is 2.09. The Morgan fingerprint density at radius 2 is 1.93 bits per heavy atom. The smallest absolute Gasteiger partial charge is 0.248 e. The van der Waals surface area contributed by atoms with Gasteiger partial charge in [0, 0.05) is 29.4 Å². The first-order valence-corrected chi connectivity index (χ1v) is 10.5. The minimum Gasteiger partial charge on any atom is -0.340 e. The zero-order chi connectivity index (χ0) is 20.8. The van der Waals surface area contributed by atoms with Crippen molar-refractivity contribution in [2.75, 3.05) is 30.3 Å². The first-order valence-electron chi connectivity index (χ1n) is 10.5. The van der Waals surface area contributed by atoms with Crippen molar-refractivity contribution < 1.29 is 4.79 Å². The summed E-state index contributed by atoms with van der Waals surface area (Å²) in [5, 5.41) is 7.16. The van der Waals surface area contributed by atoms with Crippen molar-refractivity contribution in [3.05, 3.63) is 60.9 Å². The summed E-state index contributed by atoms with van der Waals surface area (Å²) in [7, 11) is 2.05. The molecular formula is C23H26BN5O. The Morgan fingerprint density at radius 1 is 1.07 bits per heavy atom. The molecule has 3 aromatic rings. The Hall–Kier alpha value is -3.19. The van der Waals surface area contributed by atoms with Crippen molar-refractivity contribution in [1.82, 2.24) is 14.9 Å². The van der Waals surface area contributed by atoms with Gasteiger partial charge in [0.25, 0.3) is 0 Å². The molecule has 0 unspecified atom stereocenters. The van der Waals surface area contributed by atoms with Crippen LogP contribution in [0.25, 0.3) is 10.9 Å². The lowest BCUT2D eigenvalue weighted by Crippen LogP contribution is -2.29. The number of rotatable bonds is 6. The zero-order valence-electron chi connectivity index (χ0n) is 17.3. The molecule has 2 heterocycles. The number of nitrogens with zero attached hydrogens (tertiary/aromatic N) is 3. The molecule has 1 aromatic heterocycles. The van der Waals surface area contributed by atoms with Gasteiger partial charge in [-0.3, -0.25) is 9.69 Å². The van der Waals surface area contributed by atoms with Crippen molar-refractivity contribution >= 4 is 47.3 Å². The average Bonchev–Trinajstić information content (AvgIpc) is 2.75. The number of hydrogen-bond donors (Lipinski definition) is 2. The molecule has 0 spiro atoms. The molecule has 7 heteroatoms. The van der Waals surface area contributed by atoms with Crippen LogP contribution in [0.2, 0.25) is 0 Å². The predicted octanol–water partition coefficient (Wildman–Crippen LogP) is 2.61. The highest BCUT2D eigenvalue weighted by atomic mass is 16.1. The molecule has 1 aliphatic heterocycles. The van der Waals surface area contributed by atoms with Crippen molar-refractivity contribution in [3.63, 3.8) is 0 Å². The van der Waals surface area contributed by atoms with E-state index in [0.717, 1.165) is 41.9 Å². The van der Waals surface area contributed by atoms with Crippen LogP contribution in [0, 0.1) is 0 Å². The Balaban J connectivity index is 1.46. The standard InChI is InChI=1S/C23H26BN5O/c24-17-6-4-7-18(14-17)28-23-20-15-19(9-10-21(20)25-16-26-23)27-22(30)8-5-13-29-11-2-1-3-12-29/h4-10,14-16H,1-3,11-13,24H2,(H,27,30)(H,25,26,28)/b8-5+. The van der Waals surface area contributed by atoms with E-state index in [4.69, 9.17) is 0 Å². The van der Waals surface area contributed by atoms with Gasteiger partial charge in [-0.25, -0.2) is 9.97 Å². The van der Waals surface area contributed by atoms with Gasteiger partial charge < -0.3 is 10.6 Å². The van der Waals surface area contributed by atoms with Crippen LogP contribution in [0.4, 0.5) is 17.2 Å². The molecule has 4 rings (SSSR count). The summed E-state index contributed by atoms with van der Waals surface area (Å²) in [6.07, 6.45) is 8.91. The molecule has 0 saturated carbocycles. The minimum atomic E-state index is -0.128. The summed E-state index contributed by atoms with van der Waals surface area (Å²) in [4.78, 5) is 23.5. The van der Waals surface area contributed by atoms with Crippen LogP contribution in [0.5, 0.6) is 0 Å². The molecule has 0 bridgehead atoms. The predicted molar refractivity (Wildman–Crippen MR) is 126 cm³/mol. The topological polar surface area (TPSA) is 70.1 Å². The monoisotopic (exact) mass is 399 g/mol. The minimum absolute atomic E-state index is 0.128. The summed E-state index contributed by atoms with van der Waals surface area (Å²) in [6, 6.07) is 13.8. The van der Waals surface area contributed by atoms with Gasteiger partial charge in [-0.1, -0.05) is 30.1 Å². The Bertz CT molecular complexity index is 1060. The van der Waals surface area contributed by atoms with Crippen molar-refractivity contribution in [3.8, 4) is 0 Å². The molecule has 1 amide bonds. The molecule has 0 atom stereocenters. The number of hydrogen-bond acceptors (Lipinski definition) is 5. The third-order valence-corrected chi connectivity index (χ3v) is 5.27. The van der Waals surface area contributed by atoms with Crippen molar-refractivity contribution in [1.29, 1.82) is 0 Å². The van der Waals surface area contributed by atoms with E-state index in [0.29, 0.717) is 5.82 Å². The second kappa shape index (κ2) is 9.54. The molecule has 1 fully saturated rings. The van der Waals surface area contributed by atoms with Crippen molar-refractivity contribution in [2.24, 2.45) is 0 Å². The van der Waals surface area contributed by atoms with E-state index in [1.165, 1.54) is 24.7 Å². The number of carbonyl (C=O) groups excluding carboxylic acids is 1. The number of likely N-dealkylation sites (tertiary alicyclic amines) is 1. The van der Waals surface area contributed by atoms with Crippen LogP contribution < -0.4 is 16.1 Å². The van der Waals surface area contributed by atoms with E-state index in [2.05, 4.69) is 45.5 Å². The maximum absolute atomic E-state index is 12.3. The van der Waals surface area contributed by atoms with E-state index < -0.39 is 0 Å². The van der Waals surface area contributed by atoms with Gasteiger partial charge in [-0.2, -0.15) is 0 Å². The van der Waals surface area contributed by atoms with Crippen LogP contribution in [-0.4, -0.2) is 48.3 Å². The third-order valence-electron chi connectivity index (χ3n) is 5.27. The molecule has 152 valence electrons. The zero-order valence-corrected chi connectivity index (χ0v) is 17.3. The molecule has 30 heavy (non-hydrogen) atoms.